The van der Waals surface area contributed by atoms with Crippen molar-refractivity contribution in [3.63, 3.8) is 0 Å². The topological polar surface area (TPSA) is 32.3 Å². The number of anilines is 1. The summed E-state index contributed by atoms with van der Waals surface area (Å²) >= 11 is 0. The van der Waals surface area contributed by atoms with Crippen molar-refractivity contribution in [3.05, 3.63) is 29.6 Å². The van der Waals surface area contributed by atoms with Crippen molar-refractivity contribution >= 4 is 11.6 Å². The Kier molecular flexibility index (Phi) is 2.59. The predicted octanol–water partition coefficient (Wildman–Crippen LogP) is 1.32. The minimum absolute atomic E-state index is 0.0949. The zero-order chi connectivity index (χ0) is 11.8. The lowest BCUT2D eigenvalue weighted by Gasteiger charge is -2.21. The molecular formula is C13H15FN2O. The van der Waals surface area contributed by atoms with Gasteiger partial charge in [-0.3, -0.25) is 4.79 Å². The Morgan fingerprint density at radius 2 is 2.35 bits per heavy atom. The summed E-state index contributed by atoms with van der Waals surface area (Å²) in [5.41, 5.74) is 1.71. The van der Waals surface area contributed by atoms with Crippen LogP contribution in [0.1, 0.15) is 12.0 Å². The number of carbonyl (C=O) groups excluding carboxylic acids is 1. The molecule has 0 aliphatic carbocycles. The van der Waals surface area contributed by atoms with Crippen molar-refractivity contribution in [2.45, 2.75) is 12.8 Å². The van der Waals surface area contributed by atoms with Gasteiger partial charge >= 0.3 is 0 Å². The maximum Gasteiger partial charge on any atom is 0.231 e. The molecule has 1 amide bonds. The molecule has 3 rings (SSSR count). The number of carbonyl (C=O) groups is 1. The average molecular weight is 234 g/mol. The third-order valence-corrected chi connectivity index (χ3v) is 3.58. The van der Waals surface area contributed by atoms with E-state index < -0.39 is 0 Å². The highest BCUT2D eigenvalue weighted by atomic mass is 19.1. The molecule has 1 aromatic rings. The van der Waals surface area contributed by atoms with Crippen LogP contribution in [0.5, 0.6) is 0 Å². The lowest BCUT2D eigenvalue weighted by molar-refractivity contribution is -0.117. The second-order valence-electron chi connectivity index (χ2n) is 4.81. The second-order valence-corrected chi connectivity index (χ2v) is 4.81. The van der Waals surface area contributed by atoms with Crippen molar-refractivity contribution < 1.29 is 9.18 Å². The van der Waals surface area contributed by atoms with Crippen LogP contribution >= 0.6 is 0 Å². The van der Waals surface area contributed by atoms with Gasteiger partial charge in [-0.2, -0.15) is 0 Å². The smallest absolute Gasteiger partial charge is 0.231 e. The predicted molar refractivity (Wildman–Crippen MR) is 63.4 cm³/mol. The highest BCUT2D eigenvalue weighted by Gasteiger charge is 2.30. The van der Waals surface area contributed by atoms with E-state index in [1.54, 1.807) is 11.0 Å². The number of fused-ring (bicyclic) bond motifs is 1. The van der Waals surface area contributed by atoms with Gasteiger partial charge in [0.15, 0.2) is 0 Å². The maximum absolute atomic E-state index is 13.2. The van der Waals surface area contributed by atoms with E-state index in [1.165, 1.54) is 12.1 Å². The molecule has 2 heterocycles. The maximum atomic E-state index is 13.2. The summed E-state index contributed by atoms with van der Waals surface area (Å²) in [7, 11) is 0. The van der Waals surface area contributed by atoms with Crippen LogP contribution in [0, 0.1) is 11.7 Å². The minimum atomic E-state index is -0.270. The second kappa shape index (κ2) is 4.11. The molecule has 0 aromatic heterocycles. The first-order chi connectivity index (χ1) is 8.24. The Labute approximate surface area is 99.6 Å². The van der Waals surface area contributed by atoms with Crippen LogP contribution in [0.2, 0.25) is 0 Å². The van der Waals surface area contributed by atoms with Gasteiger partial charge in [0.1, 0.15) is 5.82 Å². The third-order valence-electron chi connectivity index (χ3n) is 3.58. The molecule has 1 fully saturated rings. The first-order valence-electron chi connectivity index (χ1n) is 6.03. The van der Waals surface area contributed by atoms with E-state index in [0.29, 0.717) is 18.9 Å². The van der Waals surface area contributed by atoms with Crippen molar-refractivity contribution in [2.75, 3.05) is 24.5 Å². The zero-order valence-electron chi connectivity index (χ0n) is 9.58. The fourth-order valence-electron chi connectivity index (χ4n) is 2.66. The van der Waals surface area contributed by atoms with E-state index in [2.05, 4.69) is 5.32 Å². The molecule has 1 saturated heterocycles. The number of nitrogens with one attached hydrogen (secondary N) is 1. The number of nitrogens with zero attached hydrogens (tertiary/aromatic N) is 1. The first kappa shape index (κ1) is 10.7. The van der Waals surface area contributed by atoms with Gasteiger partial charge in [0.25, 0.3) is 0 Å². The van der Waals surface area contributed by atoms with Gasteiger partial charge in [0.05, 0.1) is 12.1 Å². The summed E-state index contributed by atoms with van der Waals surface area (Å²) in [6, 6.07) is 4.62. The van der Waals surface area contributed by atoms with Crippen LogP contribution in [-0.4, -0.2) is 25.5 Å². The molecule has 1 aromatic carbocycles. The molecule has 1 unspecified atom stereocenters. The molecule has 17 heavy (non-hydrogen) atoms. The summed E-state index contributed by atoms with van der Waals surface area (Å²) in [4.78, 5) is 13.7. The fourth-order valence-corrected chi connectivity index (χ4v) is 2.66. The molecular weight excluding hydrogens is 219 g/mol. The Morgan fingerprint density at radius 3 is 3.12 bits per heavy atom. The summed E-state index contributed by atoms with van der Waals surface area (Å²) in [6.45, 7) is 2.68. The Morgan fingerprint density at radius 1 is 1.47 bits per heavy atom. The highest BCUT2D eigenvalue weighted by Crippen LogP contribution is 2.30. The molecule has 4 heteroatoms. The van der Waals surface area contributed by atoms with E-state index in [-0.39, 0.29) is 11.7 Å². The molecule has 0 bridgehead atoms. The molecule has 0 radical (unpaired) electrons. The zero-order valence-corrected chi connectivity index (χ0v) is 9.58. The summed E-state index contributed by atoms with van der Waals surface area (Å²) in [5, 5.41) is 3.28. The molecule has 2 aliphatic heterocycles. The largest absolute Gasteiger partial charge is 0.316 e. The number of hydrogen-bond donors (Lipinski definition) is 1. The highest BCUT2D eigenvalue weighted by molar-refractivity contribution is 6.01. The van der Waals surface area contributed by atoms with Gasteiger partial charge in [-0.25, -0.2) is 4.39 Å². The van der Waals surface area contributed by atoms with Gasteiger partial charge in [-0.05, 0) is 43.1 Å². The van der Waals surface area contributed by atoms with Gasteiger partial charge in [-0.15, -0.1) is 0 Å². The van der Waals surface area contributed by atoms with Crippen LogP contribution in [0.15, 0.2) is 18.2 Å². The fraction of sp³-hybridized carbons (Fsp3) is 0.462. The lowest BCUT2D eigenvalue weighted by atomic mass is 10.1. The quantitative estimate of drug-likeness (QED) is 0.837. The molecule has 0 spiro atoms. The monoisotopic (exact) mass is 234 g/mol. The molecule has 0 saturated carbocycles. The van der Waals surface area contributed by atoms with Gasteiger partial charge in [0.2, 0.25) is 5.91 Å². The van der Waals surface area contributed by atoms with Crippen molar-refractivity contribution in [1.29, 1.82) is 0 Å². The number of amides is 1. The van der Waals surface area contributed by atoms with Crippen molar-refractivity contribution in [2.24, 2.45) is 5.92 Å². The number of rotatable bonds is 2. The van der Waals surface area contributed by atoms with Gasteiger partial charge < -0.3 is 10.2 Å². The number of halogens is 1. The van der Waals surface area contributed by atoms with Crippen molar-refractivity contribution in [3.8, 4) is 0 Å². The van der Waals surface area contributed by atoms with Crippen LogP contribution in [-0.2, 0) is 11.2 Å². The summed E-state index contributed by atoms with van der Waals surface area (Å²) in [6.07, 6.45) is 1.50. The summed E-state index contributed by atoms with van der Waals surface area (Å²) < 4.78 is 13.2. The molecule has 2 aliphatic rings. The van der Waals surface area contributed by atoms with Crippen LogP contribution in [0.3, 0.4) is 0 Å². The van der Waals surface area contributed by atoms with Gasteiger partial charge in [-0.1, -0.05) is 6.07 Å². The Hall–Kier alpha value is -1.42. The van der Waals surface area contributed by atoms with Gasteiger partial charge in [0, 0.05) is 6.54 Å². The van der Waals surface area contributed by atoms with E-state index in [0.717, 1.165) is 30.8 Å². The van der Waals surface area contributed by atoms with E-state index in [1.807, 2.05) is 0 Å². The molecule has 1 atom stereocenters. The molecule has 90 valence electrons. The van der Waals surface area contributed by atoms with E-state index >= 15 is 0 Å². The molecule has 1 N–H and O–H groups in total. The Bertz CT molecular complexity index is 455. The first-order valence-corrected chi connectivity index (χ1v) is 6.03. The normalized spacial score (nSPS) is 23.2. The van der Waals surface area contributed by atoms with Crippen LogP contribution in [0.4, 0.5) is 10.1 Å². The summed E-state index contributed by atoms with van der Waals surface area (Å²) in [5.74, 6) is 0.318. The standard InChI is InChI=1S/C13H15FN2O/c14-11-2-1-10-5-13(17)16(12(10)6-11)8-9-3-4-15-7-9/h1-2,6,9,15H,3-5,7-8H2. The third kappa shape index (κ3) is 1.93. The van der Waals surface area contributed by atoms with E-state index in [4.69, 9.17) is 0 Å². The lowest BCUT2D eigenvalue weighted by Crippen LogP contribution is -2.33. The van der Waals surface area contributed by atoms with Crippen LogP contribution < -0.4 is 10.2 Å². The van der Waals surface area contributed by atoms with E-state index in [9.17, 15) is 9.18 Å². The van der Waals surface area contributed by atoms with Crippen molar-refractivity contribution in [1.82, 2.24) is 5.32 Å². The SMILES string of the molecule is O=C1Cc2ccc(F)cc2N1CC1CCNC1. The number of benzene rings is 1. The Balaban J connectivity index is 1.85. The minimum Gasteiger partial charge on any atom is -0.316 e. The number of hydrogen-bond acceptors (Lipinski definition) is 2. The molecule has 3 nitrogen and oxygen atoms in total. The average Bonchev–Trinajstić information content (AvgIpc) is 2.90. The van der Waals surface area contributed by atoms with Crippen LogP contribution in [0.25, 0.3) is 0 Å².